The van der Waals surface area contributed by atoms with Gasteiger partial charge in [-0.1, -0.05) is 5.21 Å². The topological polar surface area (TPSA) is 84.1 Å². The van der Waals surface area contributed by atoms with Crippen LogP contribution in [0, 0.1) is 0 Å². The molecule has 8 heteroatoms. The number of esters is 1. The van der Waals surface area contributed by atoms with Crippen molar-refractivity contribution in [2.24, 2.45) is 7.05 Å². The van der Waals surface area contributed by atoms with Gasteiger partial charge in [-0.15, -0.1) is 5.10 Å². The first-order valence-corrected chi connectivity index (χ1v) is 6.90. The lowest BCUT2D eigenvalue weighted by molar-refractivity contribution is 0.0520. The number of hydrogen-bond acceptors (Lipinski definition) is 6. The molecule has 8 nitrogen and oxygen atoms in total. The number of nitrogens with zero attached hydrogens (tertiary/aromatic N) is 5. The molecule has 0 saturated carbocycles. The van der Waals surface area contributed by atoms with Crippen molar-refractivity contribution in [3.05, 3.63) is 18.1 Å². The zero-order chi connectivity index (χ0) is 14.8. The first-order chi connectivity index (χ1) is 10.2. The zero-order valence-corrected chi connectivity index (χ0v) is 12.0. The maximum atomic E-state index is 12.1. The number of imidazole rings is 1. The van der Waals surface area contributed by atoms with Crippen LogP contribution in [0.1, 0.15) is 29.9 Å². The maximum absolute atomic E-state index is 12.1. The van der Waals surface area contributed by atoms with Gasteiger partial charge in [0.1, 0.15) is 5.69 Å². The van der Waals surface area contributed by atoms with Gasteiger partial charge in [0, 0.05) is 26.0 Å². The van der Waals surface area contributed by atoms with E-state index in [1.807, 2.05) is 17.8 Å². The lowest BCUT2D eigenvalue weighted by atomic mass is 10.2. The number of hydrogen-bond donors (Lipinski definition) is 0. The molecular formula is C13H17N5O3. The highest BCUT2D eigenvalue weighted by atomic mass is 16.5. The second-order valence-corrected chi connectivity index (χ2v) is 4.83. The van der Waals surface area contributed by atoms with Gasteiger partial charge in [0.2, 0.25) is 5.69 Å². The average molecular weight is 291 g/mol. The number of aromatic nitrogens is 5. The van der Waals surface area contributed by atoms with Gasteiger partial charge in [-0.2, -0.15) is 0 Å². The molecule has 21 heavy (non-hydrogen) atoms. The molecule has 3 rings (SSSR count). The average Bonchev–Trinajstić information content (AvgIpc) is 3.17. The van der Waals surface area contributed by atoms with Crippen LogP contribution in [0.2, 0.25) is 0 Å². The number of aryl methyl sites for hydroxylation is 1. The molecule has 0 spiro atoms. The highest BCUT2D eigenvalue weighted by Crippen LogP contribution is 2.27. The Morgan fingerprint density at radius 2 is 2.43 bits per heavy atom. The molecule has 3 heterocycles. The Bertz CT molecular complexity index is 642. The Morgan fingerprint density at radius 3 is 3.05 bits per heavy atom. The van der Waals surface area contributed by atoms with Crippen LogP contribution in [0.25, 0.3) is 11.5 Å². The van der Waals surface area contributed by atoms with Crippen molar-refractivity contribution in [1.29, 1.82) is 0 Å². The Hall–Kier alpha value is -2.22. The van der Waals surface area contributed by atoms with E-state index in [1.54, 1.807) is 17.8 Å². The summed E-state index contributed by atoms with van der Waals surface area (Å²) in [5.74, 6) is 0.149. The fourth-order valence-corrected chi connectivity index (χ4v) is 2.40. The van der Waals surface area contributed by atoms with Crippen molar-refractivity contribution in [3.8, 4) is 11.5 Å². The summed E-state index contributed by atoms with van der Waals surface area (Å²) < 4.78 is 14.0. The number of carbonyl (C=O) groups excluding carboxylic acids is 1. The number of ether oxygens (including phenoxy) is 2. The Labute approximate surface area is 121 Å². The summed E-state index contributed by atoms with van der Waals surface area (Å²) >= 11 is 0. The maximum Gasteiger partial charge on any atom is 0.361 e. The standard InChI is InChI=1S/C13H17N5O3/c1-3-21-13(19)10-11(12-14-5-6-17(12)2)18(16-15-10)9-4-7-20-8-9/h5-6,9H,3-4,7-8H2,1-2H3. The first kappa shape index (κ1) is 13.7. The molecule has 0 bridgehead atoms. The molecular weight excluding hydrogens is 274 g/mol. The Kier molecular flexibility index (Phi) is 3.70. The summed E-state index contributed by atoms with van der Waals surface area (Å²) in [6.07, 6.45) is 4.32. The van der Waals surface area contributed by atoms with E-state index in [0.717, 1.165) is 6.42 Å². The van der Waals surface area contributed by atoms with Crippen molar-refractivity contribution < 1.29 is 14.3 Å². The zero-order valence-electron chi connectivity index (χ0n) is 12.0. The van der Waals surface area contributed by atoms with Crippen LogP contribution >= 0.6 is 0 Å². The van der Waals surface area contributed by atoms with Gasteiger partial charge in [0.15, 0.2) is 5.82 Å². The minimum atomic E-state index is -0.485. The summed E-state index contributed by atoms with van der Waals surface area (Å²) in [5, 5.41) is 8.14. The summed E-state index contributed by atoms with van der Waals surface area (Å²) in [7, 11) is 1.86. The van der Waals surface area contributed by atoms with Gasteiger partial charge < -0.3 is 14.0 Å². The van der Waals surface area contributed by atoms with Crippen LogP contribution in [-0.4, -0.2) is 50.3 Å². The highest BCUT2D eigenvalue weighted by molar-refractivity contribution is 5.93. The lowest BCUT2D eigenvalue weighted by Gasteiger charge is -2.12. The van der Waals surface area contributed by atoms with E-state index in [-0.39, 0.29) is 18.3 Å². The van der Waals surface area contributed by atoms with E-state index in [9.17, 15) is 4.79 Å². The van der Waals surface area contributed by atoms with Crippen LogP contribution in [-0.2, 0) is 16.5 Å². The molecule has 0 amide bonds. The second-order valence-electron chi connectivity index (χ2n) is 4.83. The fraction of sp³-hybridized carbons (Fsp3) is 0.538. The third-order valence-electron chi connectivity index (χ3n) is 3.45. The molecule has 2 aromatic rings. The van der Waals surface area contributed by atoms with Crippen molar-refractivity contribution >= 4 is 5.97 Å². The summed E-state index contributed by atoms with van der Waals surface area (Å²) in [6, 6.07) is 0.0624. The highest BCUT2D eigenvalue weighted by Gasteiger charge is 2.30. The Morgan fingerprint density at radius 1 is 1.57 bits per heavy atom. The summed E-state index contributed by atoms with van der Waals surface area (Å²) in [6.45, 7) is 3.29. The molecule has 1 atom stereocenters. The second kappa shape index (κ2) is 5.65. The molecule has 112 valence electrons. The molecule has 1 aliphatic rings. The van der Waals surface area contributed by atoms with Crippen molar-refractivity contribution in [2.75, 3.05) is 19.8 Å². The van der Waals surface area contributed by atoms with Crippen LogP contribution in [0.15, 0.2) is 12.4 Å². The van der Waals surface area contributed by atoms with E-state index in [0.29, 0.717) is 24.7 Å². The van der Waals surface area contributed by atoms with E-state index in [2.05, 4.69) is 15.3 Å². The summed E-state index contributed by atoms with van der Waals surface area (Å²) in [5.41, 5.74) is 0.773. The molecule has 2 aromatic heterocycles. The van der Waals surface area contributed by atoms with E-state index in [1.165, 1.54) is 0 Å². The van der Waals surface area contributed by atoms with Gasteiger partial charge >= 0.3 is 5.97 Å². The first-order valence-electron chi connectivity index (χ1n) is 6.90. The van der Waals surface area contributed by atoms with Gasteiger partial charge in [-0.25, -0.2) is 14.5 Å². The fourth-order valence-electron chi connectivity index (χ4n) is 2.40. The van der Waals surface area contributed by atoms with Crippen molar-refractivity contribution in [1.82, 2.24) is 24.5 Å². The lowest BCUT2D eigenvalue weighted by Crippen LogP contribution is -2.15. The third kappa shape index (κ3) is 2.42. The molecule has 1 fully saturated rings. The molecule has 1 aliphatic heterocycles. The quantitative estimate of drug-likeness (QED) is 0.775. The van der Waals surface area contributed by atoms with Crippen LogP contribution in [0.3, 0.4) is 0 Å². The SMILES string of the molecule is CCOC(=O)c1nnn(C2CCOC2)c1-c1nccn1C. The molecule has 0 aromatic carbocycles. The van der Waals surface area contributed by atoms with Gasteiger partial charge in [-0.3, -0.25) is 0 Å². The monoisotopic (exact) mass is 291 g/mol. The number of carbonyl (C=O) groups is 1. The minimum absolute atomic E-state index is 0.0624. The third-order valence-corrected chi connectivity index (χ3v) is 3.45. The number of rotatable bonds is 4. The van der Waals surface area contributed by atoms with E-state index in [4.69, 9.17) is 9.47 Å². The van der Waals surface area contributed by atoms with Gasteiger partial charge in [0.05, 0.1) is 19.3 Å². The predicted octanol–water partition coefficient (Wildman–Crippen LogP) is 0.817. The van der Waals surface area contributed by atoms with E-state index >= 15 is 0 Å². The predicted molar refractivity (Wildman–Crippen MR) is 72.7 cm³/mol. The van der Waals surface area contributed by atoms with Crippen molar-refractivity contribution in [2.45, 2.75) is 19.4 Å². The molecule has 1 unspecified atom stereocenters. The summed E-state index contributed by atoms with van der Waals surface area (Å²) in [4.78, 5) is 16.4. The van der Waals surface area contributed by atoms with Crippen LogP contribution in [0.5, 0.6) is 0 Å². The minimum Gasteiger partial charge on any atom is -0.461 e. The molecule has 0 N–H and O–H groups in total. The molecule has 1 saturated heterocycles. The largest absolute Gasteiger partial charge is 0.461 e. The molecule has 0 aliphatic carbocycles. The van der Waals surface area contributed by atoms with Gasteiger partial charge in [0.25, 0.3) is 0 Å². The van der Waals surface area contributed by atoms with E-state index < -0.39 is 5.97 Å². The van der Waals surface area contributed by atoms with Gasteiger partial charge in [-0.05, 0) is 13.3 Å². The van der Waals surface area contributed by atoms with Crippen LogP contribution in [0.4, 0.5) is 0 Å². The van der Waals surface area contributed by atoms with Crippen LogP contribution < -0.4 is 0 Å². The smallest absolute Gasteiger partial charge is 0.361 e. The molecule has 0 radical (unpaired) electrons. The Balaban J connectivity index is 2.09. The normalized spacial score (nSPS) is 18.1. The van der Waals surface area contributed by atoms with Crippen molar-refractivity contribution in [3.63, 3.8) is 0 Å².